The fraction of sp³-hybridized carbons (Fsp3) is 0.208. The summed E-state index contributed by atoms with van der Waals surface area (Å²) in [7, 11) is 0. The predicted octanol–water partition coefficient (Wildman–Crippen LogP) is 4.09. The first-order chi connectivity index (χ1) is 14.7. The Morgan fingerprint density at radius 3 is 2.87 bits per heavy atom. The van der Waals surface area contributed by atoms with Crippen molar-refractivity contribution in [1.29, 1.82) is 0 Å². The van der Waals surface area contributed by atoms with Gasteiger partial charge in [-0.3, -0.25) is 4.98 Å². The van der Waals surface area contributed by atoms with Crippen LogP contribution < -0.4 is 16.0 Å². The van der Waals surface area contributed by atoms with Gasteiger partial charge in [0.25, 0.3) is 0 Å². The summed E-state index contributed by atoms with van der Waals surface area (Å²) in [6.45, 7) is 4.29. The third kappa shape index (κ3) is 3.52. The minimum Gasteiger partial charge on any atom is -0.397 e. The van der Waals surface area contributed by atoms with Gasteiger partial charge in [0.05, 0.1) is 34.8 Å². The lowest BCUT2D eigenvalue weighted by atomic mass is 10.0. The first-order valence-corrected chi connectivity index (χ1v) is 10.2. The van der Waals surface area contributed by atoms with Crippen LogP contribution in [0.3, 0.4) is 0 Å². The smallest absolute Gasteiger partial charge is 0.134 e. The highest BCUT2D eigenvalue weighted by molar-refractivity contribution is 5.78. The van der Waals surface area contributed by atoms with Gasteiger partial charge in [-0.25, -0.2) is 9.97 Å². The van der Waals surface area contributed by atoms with Crippen molar-refractivity contribution in [3.63, 3.8) is 0 Å². The number of hydrogen-bond donors (Lipinski definition) is 2. The number of fused-ring (bicyclic) bond motifs is 2. The van der Waals surface area contributed by atoms with E-state index in [-0.39, 0.29) is 0 Å². The molecule has 0 spiro atoms. The van der Waals surface area contributed by atoms with Crippen LogP contribution in [-0.2, 0) is 19.5 Å². The fourth-order valence-corrected chi connectivity index (χ4v) is 4.04. The van der Waals surface area contributed by atoms with E-state index in [1.165, 1.54) is 5.56 Å². The van der Waals surface area contributed by atoms with E-state index in [1.54, 1.807) is 6.33 Å². The van der Waals surface area contributed by atoms with Crippen LogP contribution >= 0.6 is 0 Å². The molecule has 0 amide bonds. The number of nitrogens with zero attached hydrogens (tertiary/aromatic N) is 4. The largest absolute Gasteiger partial charge is 0.397 e. The van der Waals surface area contributed by atoms with E-state index in [0.717, 1.165) is 64.6 Å². The van der Waals surface area contributed by atoms with E-state index < -0.39 is 0 Å². The highest BCUT2D eigenvalue weighted by atomic mass is 15.2. The van der Waals surface area contributed by atoms with Gasteiger partial charge in [0.2, 0.25) is 0 Å². The lowest BCUT2D eigenvalue weighted by Gasteiger charge is -2.32. The number of aryl methyl sites for hydroxylation is 1. The number of rotatable bonds is 4. The van der Waals surface area contributed by atoms with Crippen molar-refractivity contribution in [2.75, 3.05) is 22.5 Å². The Morgan fingerprint density at radius 2 is 1.97 bits per heavy atom. The molecule has 6 heteroatoms. The molecule has 0 radical (unpaired) electrons. The van der Waals surface area contributed by atoms with Crippen molar-refractivity contribution in [2.24, 2.45) is 0 Å². The number of nitrogens with one attached hydrogen (secondary N) is 1. The molecule has 150 valence electrons. The van der Waals surface area contributed by atoms with Gasteiger partial charge in [-0.2, -0.15) is 0 Å². The maximum Gasteiger partial charge on any atom is 0.134 e. The van der Waals surface area contributed by atoms with Gasteiger partial charge in [0.1, 0.15) is 12.1 Å². The van der Waals surface area contributed by atoms with Crippen LogP contribution in [0.5, 0.6) is 0 Å². The lowest BCUT2D eigenvalue weighted by Crippen LogP contribution is -2.32. The zero-order valence-electron chi connectivity index (χ0n) is 17.0. The number of nitrogens with two attached hydrogens (primary N) is 1. The third-order valence-corrected chi connectivity index (χ3v) is 5.62. The van der Waals surface area contributed by atoms with Gasteiger partial charge in [0.15, 0.2) is 0 Å². The summed E-state index contributed by atoms with van der Waals surface area (Å²) >= 11 is 0. The number of para-hydroxylation sites is 1. The van der Waals surface area contributed by atoms with E-state index in [2.05, 4.69) is 57.4 Å². The molecule has 4 aromatic rings. The standard InChI is InChI=1S/C24H24N6/c1-16-6-9-23(20(25)12-16)30-11-10-22-19(14-30)24(28-15-27-22)26-13-18-8-7-17-4-2-3-5-21(17)29-18/h2-9,12,15H,10-11,13-14,25H2,1H3,(H,26,27,28). The first-order valence-electron chi connectivity index (χ1n) is 10.2. The van der Waals surface area contributed by atoms with Crippen LogP contribution in [0.1, 0.15) is 22.5 Å². The predicted molar refractivity (Wildman–Crippen MR) is 121 cm³/mol. The Bertz CT molecular complexity index is 1220. The summed E-state index contributed by atoms with van der Waals surface area (Å²) in [5.41, 5.74) is 13.6. The average Bonchev–Trinajstić information content (AvgIpc) is 2.77. The second-order valence-corrected chi connectivity index (χ2v) is 7.73. The van der Waals surface area contributed by atoms with Crippen molar-refractivity contribution >= 4 is 28.1 Å². The summed E-state index contributed by atoms with van der Waals surface area (Å²) in [4.78, 5) is 16.1. The van der Waals surface area contributed by atoms with Gasteiger partial charge >= 0.3 is 0 Å². The molecular weight excluding hydrogens is 372 g/mol. The van der Waals surface area contributed by atoms with Gasteiger partial charge in [-0.15, -0.1) is 0 Å². The molecule has 0 bridgehead atoms. The molecule has 3 N–H and O–H groups in total. The fourth-order valence-electron chi connectivity index (χ4n) is 4.04. The van der Waals surface area contributed by atoms with E-state index >= 15 is 0 Å². The summed E-state index contributed by atoms with van der Waals surface area (Å²) in [5, 5.41) is 4.62. The quantitative estimate of drug-likeness (QED) is 0.506. The van der Waals surface area contributed by atoms with E-state index in [0.29, 0.717) is 6.54 Å². The molecule has 3 heterocycles. The highest BCUT2D eigenvalue weighted by Gasteiger charge is 2.22. The van der Waals surface area contributed by atoms with E-state index in [9.17, 15) is 0 Å². The third-order valence-electron chi connectivity index (χ3n) is 5.62. The Morgan fingerprint density at radius 1 is 1.07 bits per heavy atom. The molecule has 2 aromatic heterocycles. The molecule has 6 nitrogen and oxygen atoms in total. The van der Waals surface area contributed by atoms with Crippen molar-refractivity contribution in [1.82, 2.24) is 15.0 Å². The van der Waals surface area contributed by atoms with Crippen molar-refractivity contribution in [3.8, 4) is 0 Å². The van der Waals surface area contributed by atoms with Crippen molar-refractivity contribution in [3.05, 3.63) is 83.4 Å². The SMILES string of the molecule is Cc1ccc(N2CCc3ncnc(NCc4ccc5ccccc5n4)c3C2)c(N)c1. The van der Waals surface area contributed by atoms with Crippen LogP contribution in [0.15, 0.2) is 60.9 Å². The Balaban J connectivity index is 1.38. The highest BCUT2D eigenvalue weighted by Crippen LogP contribution is 2.31. The zero-order chi connectivity index (χ0) is 20.5. The molecule has 30 heavy (non-hydrogen) atoms. The normalized spacial score (nSPS) is 13.3. The maximum absolute atomic E-state index is 6.29. The summed E-state index contributed by atoms with van der Waals surface area (Å²) in [6.07, 6.45) is 2.51. The maximum atomic E-state index is 6.29. The molecule has 0 unspecified atom stereocenters. The van der Waals surface area contributed by atoms with Crippen molar-refractivity contribution < 1.29 is 0 Å². The molecule has 0 aliphatic carbocycles. The van der Waals surface area contributed by atoms with Crippen LogP contribution in [0, 0.1) is 6.92 Å². The number of pyridine rings is 1. The molecule has 1 aliphatic heterocycles. The van der Waals surface area contributed by atoms with Crippen LogP contribution in [0.2, 0.25) is 0 Å². The van der Waals surface area contributed by atoms with E-state index in [4.69, 9.17) is 10.7 Å². The number of aromatic nitrogens is 3. The minimum atomic E-state index is 0.612. The van der Waals surface area contributed by atoms with Crippen LogP contribution in [-0.4, -0.2) is 21.5 Å². The number of nitrogen functional groups attached to an aromatic ring is 1. The van der Waals surface area contributed by atoms with Gasteiger partial charge < -0.3 is 16.0 Å². The number of hydrogen-bond acceptors (Lipinski definition) is 6. The molecule has 1 aliphatic rings. The van der Waals surface area contributed by atoms with Crippen LogP contribution in [0.4, 0.5) is 17.2 Å². The Hall–Kier alpha value is -3.67. The molecule has 2 aromatic carbocycles. The Kier molecular flexibility index (Phi) is 4.67. The summed E-state index contributed by atoms with van der Waals surface area (Å²) in [5.74, 6) is 0.866. The van der Waals surface area contributed by atoms with E-state index in [1.807, 2.05) is 24.3 Å². The van der Waals surface area contributed by atoms with Gasteiger partial charge in [-0.05, 0) is 36.8 Å². The topological polar surface area (TPSA) is 80.0 Å². The average molecular weight is 396 g/mol. The molecule has 5 rings (SSSR count). The Labute approximate surface area is 175 Å². The molecule has 0 saturated carbocycles. The second-order valence-electron chi connectivity index (χ2n) is 7.73. The number of benzene rings is 2. The molecular formula is C24H24N6. The summed E-state index contributed by atoms with van der Waals surface area (Å²) in [6, 6.07) is 18.6. The molecule has 0 fully saturated rings. The first kappa shape index (κ1) is 18.4. The molecule has 0 atom stereocenters. The van der Waals surface area contributed by atoms with Crippen LogP contribution in [0.25, 0.3) is 10.9 Å². The van der Waals surface area contributed by atoms with Crippen molar-refractivity contribution in [2.45, 2.75) is 26.4 Å². The minimum absolute atomic E-state index is 0.612. The van der Waals surface area contributed by atoms with Gasteiger partial charge in [0, 0.05) is 30.5 Å². The van der Waals surface area contributed by atoms with Gasteiger partial charge in [-0.1, -0.05) is 30.3 Å². The number of anilines is 3. The zero-order valence-corrected chi connectivity index (χ0v) is 17.0. The monoisotopic (exact) mass is 396 g/mol. The second kappa shape index (κ2) is 7.63. The molecule has 0 saturated heterocycles. The lowest BCUT2D eigenvalue weighted by molar-refractivity contribution is 0.706. The summed E-state index contributed by atoms with van der Waals surface area (Å²) < 4.78 is 0.